The maximum atomic E-state index is 11.9. The third-order valence-electron chi connectivity index (χ3n) is 3.49. The monoisotopic (exact) mass is 249 g/mol. The first kappa shape index (κ1) is 13.9. The van der Waals surface area contributed by atoms with Crippen LogP contribution in [0.15, 0.2) is 0 Å². The largest absolute Gasteiger partial charge is 0.396 e. The summed E-state index contributed by atoms with van der Waals surface area (Å²) in [7, 11) is -1.37. The van der Waals surface area contributed by atoms with Gasteiger partial charge in [-0.15, -0.1) is 0 Å². The Hall–Kier alpha value is -0.130. The van der Waals surface area contributed by atoms with E-state index in [1.807, 2.05) is 6.92 Å². The molecule has 1 N–H and O–H groups in total. The third-order valence-corrected chi connectivity index (χ3v) is 5.59. The Balaban J connectivity index is 2.53. The molecule has 1 aliphatic carbocycles. The van der Waals surface area contributed by atoms with E-state index in [2.05, 4.69) is 0 Å². The van der Waals surface area contributed by atoms with Gasteiger partial charge in [0.15, 0.2) is 0 Å². The normalized spacial score (nSPS) is 27.2. The highest BCUT2D eigenvalue weighted by Crippen LogP contribution is 2.27. The number of hydrogen-bond acceptors (Lipinski definition) is 3. The van der Waals surface area contributed by atoms with Crippen molar-refractivity contribution in [2.24, 2.45) is 5.92 Å². The molecule has 1 rings (SSSR count). The molecule has 0 spiro atoms. The lowest BCUT2D eigenvalue weighted by Crippen LogP contribution is -2.40. The first-order valence-electron chi connectivity index (χ1n) is 6.07. The molecule has 0 aliphatic heterocycles. The van der Waals surface area contributed by atoms with E-state index in [-0.39, 0.29) is 18.4 Å². The highest BCUT2D eigenvalue weighted by atomic mass is 32.2. The second-order valence-corrected chi connectivity index (χ2v) is 6.84. The van der Waals surface area contributed by atoms with E-state index in [1.54, 1.807) is 11.4 Å². The van der Waals surface area contributed by atoms with Crippen LogP contribution in [0.1, 0.15) is 39.0 Å². The average molecular weight is 249 g/mol. The number of rotatable bonds is 5. The van der Waals surface area contributed by atoms with Crippen molar-refractivity contribution in [2.45, 2.75) is 45.1 Å². The zero-order valence-corrected chi connectivity index (χ0v) is 11.0. The molecular weight excluding hydrogens is 226 g/mol. The summed E-state index contributed by atoms with van der Waals surface area (Å²) in [5, 5.41) is 9.03. The van der Waals surface area contributed by atoms with Gasteiger partial charge in [-0.25, -0.2) is 12.7 Å². The Morgan fingerprint density at radius 3 is 2.25 bits per heavy atom. The zero-order valence-electron chi connectivity index (χ0n) is 10.2. The van der Waals surface area contributed by atoms with Gasteiger partial charge in [0.05, 0.1) is 5.75 Å². The second kappa shape index (κ2) is 5.98. The molecule has 0 amide bonds. The van der Waals surface area contributed by atoms with E-state index in [1.165, 1.54) is 0 Å². The van der Waals surface area contributed by atoms with Crippen molar-refractivity contribution in [3.63, 3.8) is 0 Å². The molecular formula is C11H23NO3S. The highest BCUT2D eigenvalue weighted by molar-refractivity contribution is 7.89. The zero-order chi connectivity index (χ0) is 12.2. The fraction of sp³-hybridized carbons (Fsp3) is 1.00. The molecule has 0 aromatic heterocycles. The smallest absolute Gasteiger partial charge is 0.214 e. The van der Waals surface area contributed by atoms with Crippen molar-refractivity contribution in [1.82, 2.24) is 4.31 Å². The van der Waals surface area contributed by atoms with Gasteiger partial charge < -0.3 is 5.11 Å². The van der Waals surface area contributed by atoms with Gasteiger partial charge in [0.25, 0.3) is 0 Å². The van der Waals surface area contributed by atoms with E-state index >= 15 is 0 Å². The van der Waals surface area contributed by atoms with Gasteiger partial charge in [-0.3, -0.25) is 0 Å². The SMILES string of the molecule is CCCS(=O)(=O)N(C)C1CCC(CO)CC1. The first-order chi connectivity index (χ1) is 7.51. The minimum absolute atomic E-state index is 0.138. The molecule has 0 radical (unpaired) electrons. The summed E-state index contributed by atoms with van der Waals surface area (Å²) in [5.74, 6) is 0.613. The third kappa shape index (κ3) is 3.43. The fourth-order valence-corrected chi connectivity index (χ4v) is 3.79. The van der Waals surface area contributed by atoms with Crippen LogP contribution in [-0.2, 0) is 10.0 Å². The molecule has 1 aliphatic rings. The van der Waals surface area contributed by atoms with Gasteiger partial charge in [-0.05, 0) is 38.0 Å². The summed E-state index contributed by atoms with van der Waals surface area (Å²) < 4.78 is 25.3. The van der Waals surface area contributed by atoms with Crippen molar-refractivity contribution in [3.8, 4) is 0 Å². The Labute approximate surface area is 98.7 Å². The summed E-state index contributed by atoms with van der Waals surface area (Å²) in [4.78, 5) is 0. The predicted octanol–water partition coefficient (Wildman–Crippen LogP) is 1.21. The Morgan fingerprint density at radius 1 is 1.25 bits per heavy atom. The van der Waals surface area contributed by atoms with Gasteiger partial charge >= 0.3 is 0 Å². The Morgan fingerprint density at radius 2 is 1.81 bits per heavy atom. The minimum atomic E-state index is -3.06. The van der Waals surface area contributed by atoms with Gasteiger partial charge in [-0.1, -0.05) is 6.92 Å². The molecule has 0 saturated heterocycles. The summed E-state index contributed by atoms with van der Waals surface area (Å²) in [6.07, 6.45) is 4.30. The molecule has 0 unspecified atom stereocenters. The molecule has 4 nitrogen and oxygen atoms in total. The van der Waals surface area contributed by atoms with Crippen LogP contribution in [0.3, 0.4) is 0 Å². The van der Waals surface area contributed by atoms with Crippen molar-refractivity contribution >= 4 is 10.0 Å². The van der Waals surface area contributed by atoms with E-state index in [9.17, 15) is 8.42 Å². The Kier molecular flexibility index (Phi) is 5.21. The first-order valence-corrected chi connectivity index (χ1v) is 7.68. The van der Waals surface area contributed by atoms with E-state index in [0.717, 1.165) is 25.7 Å². The number of aliphatic hydroxyl groups is 1. The van der Waals surface area contributed by atoms with Gasteiger partial charge in [0.2, 0.25) is 10.0 Å². The van der Waals surface area contributed by atoms with Crippen molar-refractivity contribution < 1.29 is 13.5 Å². The molecule has 1 fully saturated rings. The summed E-state index contributed by atoms with van der Waals surface area (Å²) >= 11 is 0. The minimum Gasteiger partial charge on any atom is -0.396 e. The van der Waals surface area contributed by atoms with Crippen LogP contribution in [0.2, 0.25) is 0 Å². The lowest BCUT2D eigenvalue weighted by molar-refractivity contribution is 0.159. The standard InChI is InChI=1S/C11H23NO3S/c1-3-8-16(14,15)12(2)11-6-4-10(9-13)5-7-11/h10-11,13H,3-9H2,1-2H3. The molecule has 5 heteroatoms. The van der Waals surface area contributed by atoms with Crippen LogP contribution in [0.4, 0.5) is 0 Å². The lowest BCUT2D eigenvalue weighted by Gasteiger charge is -2.33. The number of hydrogen-bond donors (Lipinski definition) is 1. The van der Waals surface area contributed by atoms with E-state index < -0.39 is 10.0 Å². The highest BCUT2D eigenvalue weighted by Gasteiger charge is 2.29. The van der Waals surface area contributed by atoms with Crippen molar-refractivity contribution in [3.05, 3.63) is 0 Å². The van der Waals surface area contributed by atoms with Gasteiger partial charge in [0.1, 0.15) is 0 Å². The topological polar surface area (TPSA) is 57.6 Å². The van der Waals surface area contributed by atoms with Crippen LogP contribution in [0, 0.1) is 5.92 Å². The average Bonchev–Trinajstić information content (AvgIpc) is 2.28. The molecule has 1 saturated carbocycles. The van der Waals surface area contributed by atoms with Gasteiger partial charge in [-0.2, -0.15) is 0 Å². The quantitative estimate of drug-likeness (QED) is 0.796. The van der Waals surface area contributed by atoms with Gasteiger partial charge in [0, 0.05) is 19.7 Å². The fourth-order valence-electron chi connectivity index (χ4n) is 2.32. The molecule has 96 valence electrons. The number of aliphatic hydroxyl groups excluding tert-OH is 1. The number of sulfonamides is 1. The van der Waals surface area contributed by atoms with Crippen LogP contribution in [0.25, 0.3) is 0 Å². The molecule has 0 atom stereocenters. The second-order valence-electron chi connectivity index (χ2n) is 4.69. The van der Waals surface area contributed by atoms with Crippen LogP contribution >= 0.6 is 0 Å². The summed E-state index contributed by atoms with van der Waals surface area (Å²) in [5.41, 5.74) is 0. The molecule has 0 aromatic carbocycles. The van der Waals surface area contributed by atoms with Crippen LogP contribution in [0.5, 0.6) is 0 Å². The van der Waals surface area contributed by atoms with Crippen LogP contribution in [-0.4, -0.2) is 43.3 Å². The molecule has 0 bridgehead atoms. The summed E-state index contributed by atoms with van der Waals surface area (Å²) in [6, 6.07) is 0.138. The molecule has 0 aromatic rings. The predicted molar refractivity (Wildman–Crippen MR) is 64.7 cm³/mol. The molecule has 0 heterocycles. The maximum Gasteiger partial charge on any atom is 0.214 e. The van der Waals surface area contributed by atoms with Crippen LogP contribution < -0.4 is 0 Å². The molecule has 16 heavy (non-hydrogen) atoms. The lowest BCUT2D eigenvalue weighted by atomic mass is 9.87. The van der Waals surface area contributed by atoms with Crippen molar-refractivity contribution in [1.29, 1.82) is 0 Å². The van der Waals surface area contributed by atoms with Crippen molar-refractivity contribution in [2.75, 3.05) is 19.4 Å². The number of nitrogens with zero attached hydrogens (tertiary/aromatic N) is 1. The Bertz CT molecular complexity index is 294. The van der Waals surface area contributed by atoms with E-state index in [4.69, 9.17) is 5.11 Å². The van der Waals surface area contributed by atoms with E-state index in [0.29, 0.717) is 12.3 Å². The maximum absolute atomic E-state index is 11.9. The summed E-state index contributed by atoms with van der Waals surface area (Å²) in [6.45, 7) is 2.12.